The fourth-order valence-corrected chi connectivity index (χ4v) is 2.60. The van der Waals surface area contributed by atoms with Crippen molar-refractivity contribution in [3.05, 3.63) is 63.4 Å². The Morgan fingerprint density at radius 2 is 1.84 bits per heavy atom. The number of aryl methyl sites for hydroxylation is 2. The second-order valence-electron chi connectivity index (χ2n) is 4.85. The molecule has 2 aromatic rings. The van der Waals surface area contributed by atoms with Crippen molar-refractivity contribution in [1.29, 1.82) is 0 Å². The predicted molar refractivity (Wildman–Crippen MR) is 82.1 cm³/mol. The predicted octanol–water partition coefficient (Wildman–Crippen LogP) is 5.38. The fourth-order valence-electron chi connectivity index (χ4n) is 2.23. The van der Waals surface area contributed by atoms with E-state index in [9.17, 15) is 4.39 Å². The van der Waals surface area contributed by atoms with E-state index < -0.39 is 0 Å². The van der Waals surface area contributed by atoms with Gasteiger partial charge in [0.05, 0.1) is 4.47 Å². The van der Waals surface area contributed by atoms with Gasteiger partial charge in [-0.25, -0.2) is 4.39 Å². The normalized spacial score (nSPS) is 12.3. The average Bonchev–Trinajstić information content (AvgIpc) is 2.33. The van der Waals surface area contributed by atoms with Crippen molar-refractivity contribution in [2.24, 2.45) is 0 Å². The average molecular weight is 322 g/mol. The van der Waals surface area contributed by atoms with E-state index in [-0.39, 0.29) is 11.9 Å². The van der Waals surface area contributed by atoms with Crippen LogP contribution in [-0.2, 0) is 0 Å². The van der Waals surface area contributed by atoms with Crippen molar-refractivity contribution in [2.75, 3.05) is 5.32 Å². The van der Waals surface area contributed by atoms with Crippen LogP contribution in [0.3, 0.4) is 0 Å². The highest BCUT2D eigenvalue weighted by molar-refractivity contribution is 9.10. The van der Waals surface area contributed by atoms with Gasteiger partial charge in [0.1, 0.15) is 5.82 Å². The van der Waals surface area contributed by atoms with Crippen molar-refractivity contribution >= 4 is 21.6 Å². The van der Waals surface area contributed by atoms with E-state index in [1.54, 1.807) is 12.1 Å². The molecule has 1 atom stereocenters. The lowest BCUT2D eigenvalue weighted by Gasteiger charge is -2.18. The van der Waals surface area contributed by atoms with Gasteiger partial charge in [-0.3, -0.25) is 0 Å². The van der Waals surface area contributed by atoms with E-state index in [0.717, 1.165) is 5.69 Å². The van der Waals surface area contributed by atoms with E-state index >= 15 is 0 Å². The standard InChI is InChI=1S/C16H17BrFN/c1-10-4-6-14(11(2)8-10)12(3)19-13-5-7-16(18)15(17)9-13/h4-9,12,19H,1-3H3. The van der Waals surface area contributed by atoms with Gasteiger partial charge in [-0.05, 0) is 66.0 Å². The lowest BCUT2D eigenvalue weighted by atomic mass is 10.00. The van der Waals surface area contributed by atoms with Gasteiger partial charge in [-0.1, -0.05) is 23.8 Å². The van der Waals surface area contributed by atoms with Crippen LogP contribution in [0, 0.1) is 19.7 Å². The van der Waals surface area contributed by atoms with Gasteiger partial charge in [0, 0.05) is 11.7 Å². The fraction of sp³-hybridized carbons (Fsp3) is 0.250. The molecule has 0 spiro atoms. The number of hydrogen-bond donors (Lipinski definition) is 1. The maximum Gasteiger partial charge on any atom is 0.137 e. The SMILES string of the molecule is Cc1ccc(C(C)Nc2ccc(F)c(Br)c2)c(C)c1. The van der Waals surface area contributed by atoms with Crippen LogP contribution >= 0.6 is 15.9 Å². The van der Waals surface area contributed by atoms with Gasteiger partial charge >= 0.3 is 0 Å². The Balaban J connectivity index is 2.20. The molecular formula is C16H17BrFN. The lowest BCUT2D eigenvalue weighted by molar-refractivity contribution is 0.621. The minimum atomic E-state index is -0.246. The van der Waals surface area contributed by atoms with Crippen LogP contribution in [0.2, 0.25) is 0 Å². The number of anilines is 1. The molecule has 0 aromatic heterocycles. The molecule has 0 saturated carbocycles. The molecule has 0 aliphatic carbocycles. The van der Waals surface area contributed by atoms with Crippen LogP contribution in [0.4, 0.5) is 10.1 Å². The third kappa shape index (κ3) is 3.35. The van der Waals surface area contributed by atoms with Crippen molar-refractivity contribution in [3.8, 4) is 0 Å². The summed E-state index contributed by atoms with van der Waals surface area (Å²) in [4.78, 5) is 0. The smallest absolute Gasteiger partial charge is 0.137 e. The molecule has 0 aliphatic rings. The molecule has 1 nitrogen and oxygen atoms in total. The summed E-state index contributed by atoms with van der Waals surface area (Å²) in [5.41, 5.74) is 4.69. The largest absolute Gasteiger partial charge is 0.378 e. The molecule has 3 heteroatoms. The van der Waals surface area contributed by atoms with Crippen LogP contribution in [0.15, 0.2) is 40.9 Å². The molecule has 0 fully saturated rings. The molecule has 1 N–H and O–H groups in total. The van der Waals surface area contributed by atoms with Crippen LogP contribution < -0.4 is 5.32 Å². The van der Waals surface area contributed by atoms with Crippen molar-refractivity contribution in [1.82, 2.24) is 0 Å². The highest BCUT2D eigenvalue weighted by atomic mass is 79.9. The van der Waals surface area contributed by atoms with E-state index in [0.29, 0.717) is 4.47 Å². The Morgan fingerprint density at radius 1 is 1.11 bits per heavy atom. The van der Waals surface area contributed by atoms with Gasteiger partial charge in [-0.2, -0.15) is 0 Å². The summed E-state index contributed by atoms with van der Waals surface area (Å²) in [5, 5.41) is 3.39. The quantitative estimate of drug-likeness (QED) is 0.800. The highest BCUT2D eigenvalue weighted by Gasteiger charge is 2.09. The Hall–Kier alpha value is -1.35. The number of nitrogens with one attached hydrogen (secondary N) is 1. The van der Waals surface area contributed by atoms with Crippen LogP contribution in [0.1, 0.15) is 29.7 Å². The summed E-state index contributed by atoms with van der Waals surface area (Å²) in [6, 6.07) is 11.6. The Bertz CT molecular complexity index is 595. The maximum atomic E-state index is 13.2. The van der Waals surface area contributed by atoms with Crippen LogP contribution in [0.25, 0.3) is 0 Å². The molecule has 0 amide bonds. The van der Waals surface area contributed by atoms with Gasteiger partial charge in [0.2, 0.25) is 0 Å². The van der Waals surface area contributed by atoms with Gasteiger partial charge in [0.15, 0.2) is 0 Å². The van der Waals surface area contributed by atoms with Crippen LogP contribution in [-0.4, -0.2) is 0 Å². The molecule has 0 heterocycles. The maximum absolute atomic E-state index is 13.2. The highest BCUT2D eigenvalue weighted by Crippen LogP contribution is 2.25. The molecule has 0 radical (unpaired) electrons. The zero-order chi connectivity index (χ0) is 14.0. The monoisotopic (exact) mass is 321 g/mol. The lowest BCUT2D eigenvalue weighted by Crippen LogP contribution is -2.08. The van der Waals surface area contributed by atoms with E-state index in [1.165, 1.54) is 22.8 Å². The summed E-state index contributed by atoms with van der Waals surface area (Å²) >= 11 is 3.20. The number of hydrogen-bond acceptors (Lipinski definition) is 1. The Morgan fingerprint density at radius 3 is 2.47 bits per heavy atom. The third-order valence-electron chi connectivity index (χ3n) is 3.19. The summed E-state index contributed by atoms with van der Waals surface area (Å²) in [5.74, 6) is -0.246. The van der Waals surface area contributed by atoms with Gasteiger partial charge in [-0.15, -0.1) is 0 Å². The molecule has 0 aliphatic heterocycles. The van der Waals surface area contributed by atoms with Crippen molar-refractivity contribution in [3.63, 3.8) is 0 Å². The Kier molecular flexibility index (Phi) is 4.25. The first-order chi connectivity index (χ1) is 8.97. The minimum absolute atomic E-state index is 0.179. The number of benzene rings is 2. The molecular weight excluding hydrogens is 305 g/mol. The van der Waals surface area contributed by atoms with Crippen molar-refractivity contribution < 1.29 is 4.39 Å². The first-order valence-electron chi connectivity index (χ1n) is 6.26. The van der Waals surface area contributed by atoms with Gasteiger partial charge in [0.25, 0.3) is 0 Å². The molecule has 2 rings (SSSR count). The summed E-state index contributed by atoms with van der Waals surface area (Å²) in [7, 11) is 0. The zero-order valence-corrected chi connectivity index (χ0v) is 12.9. The van der Waals surface area contributed by atoms with Gasteiger partial charge < -0.3 is 5.32 Å². The molecule has 1 unspecified atom stereocenters. The number of rotatable bonds is 3. The zero-order valence-electron chi connectivity index (χ0n) is 11.3. The summed E-state index contributed by atoms with van der Waals surface area (Å²) in [6.45, 7) is 6.31. The summed E-state index contributed by atoms with van der Waals surface area (Å²) < 4.78 is 13.7. The molecule has 0 bridgehead atoms. The summed E-state index contributed by atoms with van der Waals surface area (Å²) in [6.07, 6.45) is 0. The Labute approximate surface area is 122 Å². The minimum Gasteiger partial charge on any atom is -0.378 e. The van der Waals surface area contributed by atoms with E-state index in [4.69, 9.17) is 0 Å². The molecule has 100 valence electrons. The molecule has 19 heavy (non-hydrogen) atoms. The molecule has 2 aromatic carbocycles. The molecule has 0 saturated heterocycles. The van der Waals surface area contributed by atoms with Crippen molar-refractivity contribution in [2.45, 2.75) is 26.8 Å². The second kappa shape index (κ2) is 5.74. The van der Waals surface area contributed by atoms with E-state index in [1.807, 2.05) is 0 Å². The van der Waals surface area contributed by atoms with Crippen LogP contribution in [0.5, 0.6) is 0 Å². The first-order valence-corrected chi connectivity index (χ1v) is 7.05. The topological polar surface area (TPSA) is 12.0 Å². The first kappa shape index (κ1) is 14.1. The van der Waals surface area contributed by atoms with E-state index in [2.05, 4.69) is 60.2 Å². The second-order valence-corrected chi connectivity index (χ2v) is 5.71. The number of halogens is 2. The third-order valence-corrected chi connectivity index (χ3v) is 3.80.